The number of hydrogen-bond acceptors (Lipinski definition) is 3. The highest BCUT2D eigenvalue weighted by atomic mass is 16.9. The monoisotopic (exact) mass is 187 g/mol. The maximum absolute atomic E-state index is 9.75. The summed E-state index contributed by atoms with van der Waals surface area (Å²) in [6, 6.07) is 0. The van der Waals surface area contributed by atoms with Crippen LogP contribution < -0.4 is 0 Å². The fraction of sp³-hybridized carbons (Fsp3) is 0.778. The van der Waals surface area contributed by atoms with Crippen LogP contribution in [0.2, 0.25) is 0 Å². The molecule has 0 saturated carbocycles. The van der Waals surface area contributed by atoms with E-state index in [0.29, 0.717) is 0 Å². The lowest BCUT2D eigenvalue weighted by Gasteiger charge is -1.99. The Labute approximate surface area is 78.7 Å². The second kappa shape index (κ2) is 9.03. The first-order valence-electron chi connectivity index (χ1n) is 4.65. The Kier molecular flexibility index (Phi) is 8.30. The third kappa shape index (κ3) is 10.9. The first-order chi connectivity index (χ1) is 6.27. The molecule has 0 spiro atoms. The Hall–Kier alpha value is -1.06. The summed E-state index contributed by atoms with van der Waals surface area (Å²) in [6.07, 6.45) is 8.21. The fourth-order valence-corrected chi connectivity index (χ4v) is 1.06. The Bertz CT molecular complexity index is 148. The molecule has 0 amide bonds. The summed E-state index contributed by atoms with van der Waals surface area (Å²) < 4.78 is 0. The van der Waals surface area contributed by atoms with E-state index >= 15 is 0 Å². The van der Waals surface area contributed by atoms with E-state index in [9.17, 15) is 10.1 Å². The van der Waals surface area contributed by atoms with Crippen molar-refractivity contribution in [2.24, 2.45) is 0 Å². The normalized spacial score (nSPS) is 9.54. The van der Waals surface area contributed by atoms with Crippen LogP contribution in [0.25, 0.3) is 0 Å². The van der Waals surface area contributed by atoms with Crippen molar-refractivity contribution < 1.29 is 9.92 Å². The van der Waals surface area contributed by atoms with Gasteiger partial charge in [-0.05, 0) is 19.3 Å². The van der Waals surface area contributed by atoms with Gasteiger partial charge in [-0.3, -0.25) is 0 Å². The topological polar surface area (TPSA) is 52.4 Å². The van der Waals surface area contributed by atoms with Crippen LogP contribution >= 0.6 is 0 Å². The van der Waals surface area contributed by atoms with E-state index in [1.165, 1.54) is 12.8 Å². The van der Waals surface area contributed by atoms with Crippen molar-refractivity contribution in [2.45, 2.75) is 38.5 Å². The molecular weight excluding hydrogens is 170 g/mol. The van der Waals surface area contributed by atoms with Crippen LogP contribution in [0.4, 0.5) is 0 Å². The number of hydrogen-bond donors (Lipinski definition) is 0. The summed E-state index contributed by atoms with van der Waals surface area (Å²) in [4.78, 5) is 13.9. The molecule has 4 heteroatoms. The first-order valence-corrected chi connectivity index (χ1v) is 4.65. The van der Waals surface area contributed by atoms with Crippen molar-refractivity contribution in [3.05, 3.63) is 22.8 Å². The minimum atomic E-state index is -0.738. The van der Waals surface area contributed by atoms with E-state index in [-0.39, 0.29) is 6.61 Å². The summed E-state index contributed by atoms with van der Waals surface area (Å²) in [7, 11) is 0. The SMILES string of the molecule is C=CCCCCCCCO[N+](=O)[O-]. The van der Waals surface area contributed by atoms with Crippen molar-refractivity contribution in [3.63, 3.8) is 0 Å². The van der Waals surface area contributed by atoms with E-state index in [4.69, 9.17) is 0 Å². The minimum Gasteiger partial charge on any atom is -0.314 e. The molecule has 0 N–H and O–H groups in total. The van der Waals surface area contributed by atoms with E-state index in [1.54, 1.807) is 0 Å². The molecule has 0 aliphatic rings. The lowest BCUT2D eigenvalue weighted by Crippen LogP contribution is -2.01. The van der Waals surface area contributed by atoms with Crippen molar-refractivity contribution in [1.29, 1.82) is 0 Å². The molecule has 0 aromatic carbocycles. The molecule has 4 nitrogen and oxygen atoms in total. The maximum Gasteiger partial charge on any atom is 0.294 e. The molecule has 0 aromatic heterocycles. The zero-order valence-electron chi connectivity index (χ0n) is 7.91. The molecule has 13 heavy (non-hydrogen) atoms. The van der Waals surface area contributed by atoms with Gasteiger partial charge in [0.2, 0.25) is 0 Å². The summed E-state index contributed by atoms with van der Waals surface area (Å²) in [5.74, 6) is 0. The molecule has 0 aromatic rings. The Morgan fingerprint density at radius 2 is 1.85 bits per heavy atom. The largest absolute Gasteiger partial charge is 0.314 e. The first kappa shape index (κ1) is 11.9. The molecule has 0 heterocycles. The fourth-order valence-electron chi connectivity index (χ4n) is 1.06. The van der Waals surface area contributed by atoms with Crippen LogP contribution in [-0.4, -0.2) is 11.7 Å². The summed E-state index contributed by atoms with van der Waals surface area (Å²) >= 11 is 0. The lowest BCUT2D eigenvalue weighted by molar-refractivity contribution is -0.757. The molecule has 0 rings (SSSR count). The van der Waals surface area contributed by atoms with Gasteiger partial charge in [-0.15, -0.1) is 16.7 Å². The van der Waals surface area contributed by atoms with Gasteiger partial charge in [0.05, 0.1) is 6.61 Å². The zero-order chi connectivity index (χ0) is 9.94. The van der Waals surface area contributed by atoms with E-state index < -0.39 is 5.09 Å². The standard InChI is InChI=1S/C9H17NO3/c1-2-3-4-5-6-7-8-9-13-10(11)12/h2H,1,3-9H2. The van der Waals surface area contributed by atoms with Gasteiger partial charge >= 0.3 is 0 Å². The van der Waals surface area contributed by atoms with Gasteiger partial charge in [-0.1, -0.05) is 25.3 Å². The molecule has 76 valence electrons. The molecule has 0 bridgehead atoms. The number of unbranched alkanes of at least 4 members (excludes halogenated alkanes) is 5. The quantitative estimate of drug-likeness (QED) is 0.241. The second-order valence-corrected chi connectivity index (χ2v) is 2.90. The highest BCUT2D eigenvalue weighted by molar-refractivity contribution is 4.65. The average molecular weight is 187 g/mol. The van der Waals surface area contributed by atoms with E-state index in [1.807, 2.05) is 6.08 Å². The van der Waals surface area contributed by atoms with Crippen LogP contribution in [0.5, 0.6) is 0 Å². The smallest absolute Gasteiger partial charge is 0.294 e. The molecule has 0 unspecified atom stereocenters. The number of rotatable bonds is 9. The summed E-state index contributed by atoms with van der Waals surface area (Å²) in [5, 5.41) is 9.01. The molecule has 0 aliphatic carbocycles. The van der Waals surface area contributed by atoms with Gasteiger partial charge in [0, 0.05) is 0 Å². The maximum atomic E-state index is 9.75. The van der Waals surface area contributed by atoms with Crippen molar-refractivity contribution >= 4 is 0 Å². The highest BCUT2D eigenvalue weighted by Crippen LogP contribution is 2.05. The molecule has 0 saturated heterocycles. The summed E-state index contributed by atoms with van der Waals surface area (Å²) in [5.41, 5.74) is 0. The van der Waals surface area contributed by atoms with Crippen molar-refractivity contribution in [3.8, 4) is 0 Å². The molecule has 0 aliphatic heterocycles. The average Bonchev–Trinajstić information content (AvgIpc) is 2.09. The predicted octanol–water partition coefficient (Wildman–Crippen LogP) is 2.72. The van der Waals surface area contributed by atoms with E-state index in [0.717, 1.165) is 25.7 Å². The van der Waals surface area contributed by atoms with Crippen LogP contribution in [-0.2, 0) is 4.84 Å². The van der Waals surface area contributed by atoms with Gasteiger partial charge in [-0.2, -0.15) is 0 Å². The predicted molar refractivity (Wildman–Crippen MR) is 50.8 cm³/mol. The van der Waals surface area contributed by atoms with Crippen LogP contribution in [0.15, 0.2) is 12.7 Å². The second-order valence-electron chi connectivity index (χ2n) is 2.90. The Morgan fingerprint density at radius 3 is 2.46 bits per heavy atom. The van der Waals surface area contributed by atoms with Gasteiger partial charge < -0.3 is 4.84 Å². The van der Waals surface area contributed by atoms with E-state index in [2.05, 4.69) is 11.4 Å². The third-order valence-electron chi connectivity index (χ3n) is 1.75. The van der Waals surface area contributed by atoms with Gasteiger partial charge in [0.1, 0.15) is 0 Å². The third-order valence-corrected chi connectivity index (χ3v) is 1.75. The zero-order valence-corrected chi connectivity index (χ0v) is 7.91. The molecule has 0 fully saturated rings. The Balaban J connectivity index is 2.91. The van der Waals surface area contributed by atoms with Crippen molar-refractivity contribution in [1.82, 2.24) is 0 Å². The number of nitrogens with zero attached hydrogens (tertiary/aromatic N) is 1. The van der Waals surface area contributed by atoms with Crippen LogP contribution in [0.3, 0.4) is 0 Å². The number of allylic oxidation sites excluding steroid dienone is 1. The van der Waals surface area contributed by atoms with Gasteiger partial charge in [0.25, 0.3) is 5.09 Å². The molecule has 0 atom stereocenters. The summed E-state index contributed by atoms with van der Waals surface area (Å²) in [6.45, 7) is 3.86. The van der Waals surface area contributed by atoms with Gasteiger partial charge in [-0.25, -0.2) is 0 Å². The highest BCUT2D eigenvalue weighted by Gasteiger charge is 1.94. The van der Waals surface area contributed by atoms with Crippen LogP contribution in [0.1, 0.15) is 38.5 Å². The lowest BCUT2D eigenvalue weighted by atomic mass is 10.1. The minimum absolute atomic E-state index is 0.231. The Morgan fingerprint density at radius 1 is 1.23 bits per heavy atom. The van der Waals surface area contributed by atoms with Crippen molar-refractivity contribution in [2.75, 3.05) is 6.61 Å². The molecule has 0 radical (unpaired) electrons. The molecular formula is C9H17NO3. The van der Waals surface area contributed by atoms with Gasteiger partial charge in [0.15, 0.2) is 0 Å². The van der Waals surface area contributed by atoms with Crippen LogP contribution in [0, 0.1) is 10.1 Å².